The highest BCUT2D eigenvalue weighted by Crippen LogP contribution is 2.50. The minimum absolute atomic E-state index is 0.00336. The molecule has 38 heavy (non-hydrogen) atoms. The fourth-order valence-corrected chi connectivity index (χ4v) is 5.34. The van der Waals surface area contributed by atoms with Gasteiger partial charge in [-0.05, 0) is 49.4 Å². The molecule has 0 aromatic heterocycles. The lowest BCUT2D eigenvalue weighted by Gasteiger charge is -2.58. The van der Waals surface area contributed by atoms with Gasteiger partial charge < -0.3 is 30.6 Å². The fraction of sp³-hybridized carbons (Fsp3) is 0.407. The zero-order valence-corrected chi connectivity index (χ0v) is 22.0. The lowest BCUT2D eigenvalue weighted by atomic mass is 9.61. The van der Waals surface area contributed by atoms with Crippen LogP contribution in [0.4, 0.5) is 24.5 Å². The molecule has 1 saturated heterocycles. The second-order valence-corrected chi connectivity index (χ2v) is 10.5. The SMILES string of the molecule is CN(C)/C=C\c1c(OC2CC3(C2)CN(CCNc2cc(NC(F)F)c(C=N)cc2F)C3)ccc(Cl)c1C=O. The van der Waals surface area contributed by atoms with Gasteiger partial charge in [0.2, 0.25) is 0 Å². The molecule has 1 heterocycles. The highest BCUT2D eigenvalue weighted by molar-refractivity contribution is 6.33. The van der Waals surface area contributed by atoms with E-state index in [1.807, 2.05) is 36.6 Å². The van der Waals surface area contributed by atoms with Crippen LogP contribution in [0.1, 0.15) is 34.3 Å². The Hall–Kier alpha value is -3.24. The van der Waals surface area contributed by atoms with Crippen molar-refractivity contribution in [2.75, 3.05) is 50.9 Å². The molecule has 1 aliphatic carbocycles. The molecule has 4 rings (SSSR count). The van der Waals surface area contributed by atoms with Crippen LogP contribution in [0, 0.1) is 16.6 Å². The Morgan fingerprint density at radius 3 is 2.61 bits per heavy atom. The van der Waals surface area contributed by atoms with E-state index >= 15 is 0 Å². The van der Waals surface area contributed by atoms with E-state index in [0.29, 0.717) is 35.0 Å². The highest BCUT2D eigenvalue weighted by atomic mass is 35.5. The van der Waals surface area contributed by atoms with E-state index < -0.39 is 12.4 Å². The van der Waals surface area contributed by atoms with Crippen LogP contribution < -0.4 is 15.4 Å². The summed E-state index contributed by atoms with van der Waals surface area (Å²) in [6.45, 7) is 0.111. The number of nitrogens with one attached hydrogen (secondary N) is 3. The number of aldehydes is 1. The van der Waals surface area contributed by atoms with Crippen LogP contribution in [-0.2, 0) is 0 Å². The van der Waals surface area contributed by atoms with Crippen molar-refractivity contribution < 1.29 is 22.7 Å². The topological polar surface area (TPSA) is 80.7 Å². The van der Waals surface area contributed by atoms with Gasteiger partial charge in [0.05, 0.1) is 16.8 Å². The zero-order chi connectivity index (χ0) is 27.4. The van der Waals surface area contributed by atoms with Crippen molar-refractivity contribution in [3.63, 3.8) is 0 Å². The Kier molecular flexibility index (Phi) is 8.52. The van der Waals surface area contributed by atoms with Crippen molar-refractivity contribution in [3.8, 4) is 5.75 Å². The Balaban J connectivity index is 1.27. The van der Waals surface area contributed by atoms with Gasteiger partial charge in [-0.25, -0.2) is 4.39 Å². The largest absolute Gasteiger partial charge is 0.490 e. The van der Waals surface area contributed by atoms with Crippen LogP contribution in [0.3, 0.4) is 0 Å². The van der Waals surface area contributed by atoms with Gasteiger partial charge in [0.1, 0.15) is 11.6 Å². The molecule has 7 nitrogen and oxygen atoms in total. The minimum Gasteiger partial charge on any atom is -0.490 e. The fourth-order valence-electron chi connectivity index (χ4n) is 5.13. The van der Waals surface area contributed by atoms with Gasteiger partial charge in [0.15, 0.2) is 6.29 Å². The molecule has 2 aromatic carbocycles. The summed E-state index contributed by atoms with van der Waals surface area (Å²) in [6.07, 6.45) is 7.09. The van der Waals surface area contributed by atoms with Crippen LogP contribution in [-0.4, -0.2) is 75.2 Å². The second kappa shape index (κ2) is 11.7. The molecule has 2 aliphatic rings. The van der Waals surface area contributed by atoms with Gasteiger partial charge in [0, 0.05) is 74.3 Å². The van der Waals surface area contributed by atoms with E-state index in [4.69, 9.17) is 21.7 Å². The van der Waals surface area contributed by atoms with E-state index in [0.717, 1.165) is 44.5 Å². The number of carbonyl (C=O) groups is 1. The van der Waals surface area contributed by atoms with Gasteiger partial charge in [-0.2, -0.15) is 8.78 Å². The molecule has 0 radical (unpaired) electrons. The molecule has 1 aliphatic heterocycles. The number of alkyl halides is 2. The van der Waals surface area contributed by atoms with Crippen LogP contribution in [0.5, 0.6) is 5.75 Å². The number of rotatable bonds is 12. The number of ether oxygens (including phenoxy) is 1. The summed E-state index contributed by atoms with van der Waals surface area (Å²) in [4.78, 5) is 15.8. The average molecular weight is 550 g/mol. The first-order valence-electron chi connectivity index (χ1n) is 12.3. The molecule has 204 valence electrons. The minimum atomic E-state index is -2.81. The van der Waals surface area contributed by atoms with Crippen molar-refractivity contribution in [2.24, 2.45) is 5.41 Å². The molecule has 1 spiro atoms. The van der Waals surface area contributed by atoms with Crippen molar-refractivity contribution in [2.45, 2.75) is 25.5 Å². The summed E-state index contributed by atoms with van der Waals surface area (Å²) in [6, 6.07) is 5.80. The molecule has 2 fully saturated rings. The molecule has 0 bridgehead atoms. The zero-order valence-electron chi connectivity index (χ0n) is 21.2. The van der Waals surface area contributed by atoms with Gasteiger partial charge in [0.25, 0.3) is 0 Å². The number of halogens is 4. The number of hydrogen-bond donors (Lipinski definition) is 3. The number of benzene rings is 2. The van der Waals surface area contributed by atoms with Gasteiger partial charge in [-0.3, -0.25) is 4.79 Å². The first kappa shape index (κ1) is 27.8. The molecule has 0 amide bonds. The quantitative estimate of drug-likeness (QED) is 0.187. The van der Waals surface area contributed by atoms with Crippen molar-refractivity contribution >= 4 is 41.6 Å². The van der Waals surface area contributed by atoms with E-state index in [-0.39, 0.29) is 28.5 Å². The lowest BCUT2D eigenvalue weighted by molar-refractivity contribution is -0.117. The molecule has 1 saturated carbocycles. The highest BCUT2D eigenvalue weighted by Gasteiger charge is 2.53. The lowest BCUT2D eigenvalue weighted by Crippen LogP contribution is -2.65. The standard InChI is InChI=1S/C27H31ClF3N5O2/c1-35(2)7-5-19-20(14-37)21(28)3-4-25(19)38-18-11-27(12-18)15-36(16-27)8-6-33-24-10-23(34-26(30)31)17(13-32)9-22(24)29/h3-5,7,9-10,13-14,18,26,32-34H,6,8,11-12,15-16H2,1-2H3/b7-5-,32-13?. The normalized spacial score (nSPS) is 16.8. The molecule has 11 heteroatoms. The molecule has 0 unspecified atom stereocenters. The number of carbonyl (C=O) groups excluding carboxylic acids is 1. The summed E-state index contributed by atoms with van der Waals surface area (Å²) in [5.41, 5.74) is 1.43. The smallest absolute Gasteiger partial charge is 0.312 e. The number of anilines is 2. The first-order valence-corrected chi connectivity index (χ1v) is 12.6. The maximum atomic E-state index is 14.3. The van der Waals surface area contributed by atoms with Crippen LogP contribution in [0.2, 0.25) is 5.02 Å². The third-order valence-electron chi connectivity index (χ3n) is 6.89. The maximum Gasteiger partial charge on any atom is 0.312 e. The van der Waals surface area contributed by atoms with Crippen LogP contribution in [0.15, 0.2) is 30.5 Å². The number of likely N-dealkylation sites (tertiary alicyclic amines) is 1. The predicted octanol–water partition coefficient (Wildman–Crippen LogP) is 5.41. The van der Waals surface area contributed by atoms with Crippen LogP contribution >= 0.6 is 11.6 Å². The van der Waals surface area contributed by atoms with E-state index in [1.54, 1.807) is 12.1 Å². The molecular weight excluding hydrogens is 519 g/mol. The Labute approximate surface area is 225 Å². The number of nitrogens with zero attached hydrogens (tertiary/aromatic N) is 2. The summed E-state index contributed by atoms with van der Waals surface area (Å²) in [7, 11) is 3.78. The monoisotopic (exact) mass is 549 g/mol. The first-order chi connectivity index (χ1) is 18.1. The summed E-state index contributed by atoms with van der Waals surface area (Å²) < 4.78 is 46.1. The third kappa shape index (κ3) is 6.24. The summed E-state index contributed by atoms with van der Waals surface area (Å²) in [5.74, 6) is 0.0358. The third-order valence-corrected chi connectivity index (χ3v) is 7.22. The van der Waals surface area contributed by atoms with Gasteiger partial charge >= 0.3 is 6.55 Å². The Morgan fingerprint density at radius 1 is 1.24 bits per heavy atom. The molecule has 0 atom stereocenters. The van der Waals surface area contributed by atoms with Crippen molar-refractivity contribution in [3.05, 3.63) is 58.0 Å². The summed E-state index contributed by atoms with van der Waals surface area (Å²) in [5, 5.41) is 12.6. The maximum absolute atomic E-state index is 14.3. The molecular formula is C27H31ClF3N5O2. The van der Waals surface area contributed by atoms with Crippen LogP contribution in [0.25, 0.3) is 6.08 Å². The van der Waals surface area contributed by atoms with E-state index in [2.05, 4.69) is 10.2 Å². The van der Waals surface area contributed by atoms with Crippen molar-refractivity contribution in [1.82, 2.24) is 9.80 Å². The van der Waals surface area contributed by atoms with Gasteiger partial charge in [-0.15, -0.1) is 0 Å². The van der Waals surface area contributed by atoms with E-state index in [9.17, 15) is 18.0 Å². The molecule has 2 aromatic rings. The Morgan fingerprint density at radius 2 is 1.97 bits per heavy atom. The Bertz CT molecular complexity index is 1210. The van der Waals surface area contributed by atoms with E-state index in [1.165, 1.54) is 6.07 Å². The average Bonchev–Trinajstić information content (AvgIpc) is 2.81. The second-order valence-electron chi connectivity index (χ2n) is 10.1. The molecule has 3 N–H and O–H groups in total. The predicted molar refractivity (Wildman–Crippen MR) is 144 cm³/mol. The van der Waals surface area contributed by atoms with Crippen molar-refractivity contribution in [1.29, 1.82) is 5.41 Å². The summed E-state index contributed by atoms with van der Waals surface area (Å²) >= 11 is 6.22. The number of hydrogen-bond acceptors (Lipinski definition) is 7. The van der Waals surface area contributed by atoms with Gasteiger partial charge in [-0.1, -0.05) is 11.6 Å².